The third-order valence-corrected chi connectivity index (χ3v) is 2.56. The summed E-state index contributed by atoms with van der Waals surface area (Å²) in [4.78, 5) is 0. The molecule has 0 fully saturated rings. The van der Waals surface area contributed by atoms with Gasteiger partial charge in [0.15, 0.2) is 0 Å². The Morgan fingerprint density at radius 3 is 2.15 bits per heavy atom. The lowest BCUT2D eigenvalue weighted by molar-refractivity contribution is 0.371. The molecule has 3 nitrogen and oxygen atoms in total. The molecule has 0 atom stereocenters. The van der Waals surface area contributed by atoms with Crippen molar-refractivity contribution < 1.29 is 4.74 Å². The van der Waals surface area contributed by atoms with Gasteiger partial charge in [-0.2, -0.15) is 5.10 Å². The van der Waals surface area contributed by atoms with Gasteiger partial charge >= 0.3 is 0 Å². The van der Waals surface area contributed by atoms with E-state index in [1.54, 1.807) is 11.8 Å². The molecule has 0 N–H and O–H groups in total. The van der Waals surface area contributed by atoms with Crippen molar-refractivity contribution in [3.05, 3.63) is 10.2 Å². The summed E-state index contributed by atoms with van der Waals surface area (Å²) in [6.07, 6.45) is 0. The van der Waals surface area contributed by atoms with E-state index in [1.807, 2.05) is 7.05 Å². The van der Waals surface area contributed by atoms with E-state index in [0.717, 1.165) is 16.0 Å². The predicted octanol–water partition coefficient (Wildman–Crippen LogP) is 2.49. The summed E-state index contributed by atoms with van der Waals surface area (Å²) in [7, 11) is 3.52. The largest absolute Gasteiger partial charge is 0.480 e. The van der Waals surface area contributed by atoms with Crippen LogP contribution in [0.3, 0.4) is 0 Å². The summed E-state index contributed by atoms with van der Waals surface area (Å²) in [5.74, 6) is 0.768. The average molecular weight is 247 g/mol. The molecule has 0 amide bonds. The summed E-state index contributed by atoms with van der Waals surface area (Å²) in [6, 6.07) is 0. The average Bonchev–Trinajstić information content (AvgIpc) is 2.25. The van der Waals surface area contributed by atoms with E-state index in [9.17, 15) is 0 Å². The molecule has 0 bridgehead atoms. The molecule has 0 saturated carbocycles. The minimum atomic E-state index is 0.0351. The lowest BCUT2D eigenvalue weighted by Gasteiger charge is -2.15. The maximum atomic E-state index is 5.21. The van der Waals surface area contributed by atoms with Gasteiger partial charge in [0, 0.05) is 12.5 Å². The molecule has 0 saturated heterocycles. The van der Waals surface area contributed by atoms with Crippen molar-refractivity contribution in [2.75, 3.05) is 7.11 Å². The molecule has 0 aliphatic rings. The fourth-order valence-electron chi connectivity index (χ4n) is 1.18. The smallest absolute Gasteiger partial charge is 0.226 e. The second kappa shape index (κ2) is 3.33. The van der Waals surface area contributed by atoms with Gasteiger partial charge in [0.2, 0.25) is 5.88 Å². The van der Waals surface area contributed by atoms with Gasteiger partial charge in [-0.3, -0.25) is 0 Å². The quantitative estimate of drug-likeness (QED) is 0.762. The minimum Gasteiger partial charge on any atom is -0.480 e. The Morgan fingerprint density at radius 1 is 1.38 bits per heavy atom. The molecule has 0 aromatic carbocycles. The van der Waals surface area contributed by atoms with E-state index in [0.29, 0.717) is 0 Å². The first-order valence-electron chi connectivity index (χ1n) is 4.15. The molecule has 0 aliphatic heterocycles. The van der Waals surface area contributed by atoms with Gasteiger partial charge < -0.3 is 4.74 Å². The molecule has 13 heavy (non-hydrogen) atoms. The van der Waals surface area contributed by atoms with Crippen LogP contribution in [0.5, 0.6) is 5.88 Å². The van der Waals surface area contributed by atoms with Crippen LogP contribution in [-0.2, 0) is 12.5 Å². The Morgan fingerprint density at radius 2 is 1.92 bits per heavy atom. The lowest BCUT2D eigenvalue weighted by Crippen LogP contribution is -2.13. The fourth-order valence-corrected chi connectivity index (χ4v) is 2.28. The number of rotatable bonds is 1. The molecule has 1 rings (SSSR count). The summed E-state index contributed by atoms with van der Waals surface area (Å²) in [6.45, 7) is 6.37. The van der Waals surface area contributed by atoms with E-state index in [1.165, 1.54) is 0 Å². The highest BCUT2D eigenvalue weighted by molar-refractivity contribution is 9.10. The molecular weight excluding hydrogens is 232 g/mol. The summed E-state index contributed by atoms with van der Waals surface area (Å²) < 4.78 is 7.89. The number of methoxy groups -OCH3 is 1. The highest BCUT2D eigenvalue weighted by Crippen LogP contribution is 2.34. The Kier molecular flexibility index (Phi) is 2.71. The number of aromatic nitrogens is 2. The lowest BCUT2D eigenvalue weighted by atomic mass is 9.92. The molecule has 0 unspecified atom stereocenters. The summed E-state index contributed by atoms with van der Waals surface area (Å²) in [5, 5.41) is 4.40. The van der Waals surface area contributed by atoms with Gasteiger partial charge in [-0.15, -0.1) is 0 Å². The van der Waals surface area contributed by atoms with Crippen LogP contribution in [0, 0.1) is 0 Å². The number of aryl methyl sites for hydroxylation is 1. The Bertz CT molecular complexity index is 312. The molecular formula is C9H15BrN2O. The van der Waals surface area contributed by atoms with Gasteiger partial charge in [0.1, 0.15) is 4.47 Å². The Labute approximate surface area is 87.2 Å². The predicted molar refractivity (Wildman–Crippen MR) is 56.2 cm³/mol. The van der Waals surface area contributed by atoms with Gasteiger partial charge in [0.05, 0.1) is 12.8 Å². The first-order chi connectivity index (χ1) is 5.88. The van der Waals surface area contributed by atoms with Crippen LogP contribution in [0.25, 0.3) is 0 Å². The second-order valence-corrected chi connectivity index (χ2v) is 4.84. The van der Waals surface area contributed by atoms with Crippen LogP contribution >= 0.6 is 15.9 Å². The monoisotopic (exact) mass is 246 g/mol. The van der Waals surface area contributed by atoms with Crippen LogP contribution in [0.4, 0.5) is 0 Å². The zero-order chi connectivity index (χ0) is 10.2. The number of nitrogens with zero attached hydrogens (tertiary/aromatic N) is 2. The van der Waals surface area contributed by atoms with Crippen molar-refractivity contribution in [3.8, 4) is 5.88 Å². The van der Waals surface area contributed by atoms with E-state index in [2.05, 4.69) is 41.8 Å². The van der Waals surface area contributed by atoms with Crippen LogP contribution in [0.15, 0.2) is 4.47 Å². The minimum absolute atomic E-state index is 0.0351. The van der Waals surface area contributed by atoms with Gasteiger partial charge in [-0.1, -0.05) is 20.8 Å². The maximum Gasteiger partial charge on any atom is 0.226 e. The maximum absolute atomic E-state index is 5.21. The zero-order valence-electron chi connectivity index (χ0n) is 8.68. The highest BCUT2D eigenvalue weighted by atomic mass is 79.9. The van der Waals surface area contributed by atoms with Crippen LogP contribution < -0.4 is 4.74 Å². The van der Waals surface area contributed by atoms with E-state index in [-0.39, 0.29) is 5.41 Å². The van der Waals surface area contributed by atoms with E-state index in [4.69, 9.17) is 4.74 Å². The topological polar surface area (TPSA) is 27.1 Å². The van der Waals surface area contributed by atoms with E-state index < -0.39 is 0 Å². The molecule has 1 heterocycles. The third-order valence-electron chi connectivity index (χ3n) is 1.84. The molecule has 74 valence electrons. The number of hydrogen-bond acceptors (Lipinski definition) is 2. The van der Waals surface area contributed by atoms with Crippen LogP contribution in [-0.4, -0.2) is 16.9 Å². The molecule has 1 aromatic heterocycles. The standard InChI is InChI=1S/C9H15BrN2O/c1-9(2,3)7-6(10)8(13-5)12(4)11-7/h1-5H3. The molecule has 4 heteroatoms. The van der Waals surface area contributed by atoms with Crippen molar-refractivity contribution in [1.82, 2.24) is 9.78 Å². The Hall–Kier alpha value is -0.510. The van der Waals surface area contributed by atoms with Crippen molar-refractivity contribution in [1.29, 1.82) is 0 Å². The summed E-state index contributed by atoms with van der Waals surface area (Å²) >= 11 is 3.49. The first-order valence-corrected chi connectivity index (χ1v) is 4.94. The number of hydrogen-bond donors (Lipinski definition) is 0. The normalized spacial score (nSPS) is 11.8. The SMILES string of the molecule is COc1c(Br)c(C(C)(C)C)nn1C. The van der Waals surface area contributed by atoms with Gasteiger partial charge in [0.25, 0.3) is 0 Å². The Balaban J connectivity index is 3.26. The fraction of sp³-hybridized carbons (Fsp3) is 0.667. The first kappa shape index (κ1) is 10.6. The number of halogens is 1. The van der Waals surface area contributed by atoms with Gasteiger partial charge in [-0.25, -0.2) is 4.68 Å². The highest BCUT2D eigenvalue weighted by Gasteiger charge is 2.24. The summed E-state index contributed by atoms with van der Waals surface area (Å²) in [5.41, 5.74) is 1.06. The van der Waals surface area contributed by atoms with Crippen molar-refractivity contribution in [2.45, 2.75) is 26.2 Å². The number of ether oxygens (including phenoxy) is 1. The zero-order valence-corrected chi connectivity index (χ0v) is 10.3. The van der Waals surface area contributed by atoms with Crippen LogP contribution in [0.2, 0.25) is 0 Å². The molecule has 1 aromatic rings. The molecule has 0 radical (unpaired) electrons. The van der Waals surface area contributed by atoms with Crippen molar-refractivity contribution in [2.24, 2.45) is 7.05 Å². The molecule has 0 spiro atoms. The van der Waals surface area contributed by atoms with Crippen molar-refractivity contribution >= 4 is 15.9 Å². The van der Waals surface area contributed by atoms with Crippen LogP contribution in [0.1, 0.15) is 26.5 Å². The third kappa shape index (κ3) is 1.88. The second-order valence-electron chi connectivity index (χ2n) is 4.05. The van der Waals surface area contributed by atoms with Crippen molar-refractivity contribution in [3.63, 3.8) is 0 Å². The van der Waals surface area contributed by atoms with E-state index >= 15 is 0 Å². The molecule has 0 aliphatic carbocycles. The van der Waals surface area contributed by atoms with Gasteiger partial charge in [-0.05, 0) is 15.9 Å².